The van der Waals surface area contributed by atoms with Crippen LogP contribution in [0, 0.1) is 6.92 Å². The summed E-state index contributed by atoms with van der Waals surface area (Å²) in [5, 5.41) is 1.09. The number of rotatable bonds is 3. The van der Waals surface area contributed by atoms with Gasteiger partial charge < -0.3 is 19.1 Å². The number of ether oxygens (including phenoxy) is 1. The maximum atomic E-state index is 12.1. The molecule has 5 rings (SSSR count). The lowest BCUT2D eigenvalue weighted by Crippen LogP contribution is -2.37. The van der Waals surface area contributed by atoms with Crippen LogP contribution in [0.3, 0.4) is 0 Å². The van der Waals surface area contributed by atoms with Gasteiger partial charge in [-0.25, -0.2) is 9.97 Å². The molecule has 0 saturated carbocycles. The highest BCUT2D eigenvalue weighted by Gasteiger charge is 2.30. The molecule has 2 saturated heterocycles. The van der Waals surface area contributed by atoms with Crippen LogP contribution in [-0.4, -0.2) is 65.2 Å². The molecule has 0 N–H and O–H groups in total. The number of aromatic nitrogens is 3. The quantitative estimate of drug-likeness (QED) is 0.687. The number of benzene rings is 1. The first-order valence-electron chi connectivity index (χ1n) is 10.1. The SMILES string of the molecule is Cc1ccc2cc(-c3nccn3C3CC(=O)N(C)C3)c(N3CCOCC3)nc2c1. The van der Waals surface area contributed by atoms with Gasteiger partial charge in [-0.15, -0.1) is 0 Å². The standard InChI is InChI=1S/C22H25N5O2/c1-15-3-4-16-12-18(22(24-19(16)11-15)26-7-9-29-10-8-26)21-23-5-6-27(21)17-13-20(28)25(2)14-17/h3-6,11-12,17H,7-10,13-14H2,1-2H3. The molecule has 7 heteroatoms. The molecule has 7 nitrogen and oxygen atoms in total. The first-order valence-corrected chi connectivity index (χ1v) is 10.1. The number of morpholine rings is 1. The summed E-state index contributed by atoms with van der Waals surface area (Å²) >= 11 is 0. The Hall–Kier alpha value is -2.93. The van der Waals surface area contributed by atoms with E-state index in [0.717, 1.165) is 41.2 Å². The van der Waals surface area contributed by atoms with Crippen molar-refractivity contribution in [1.82, 2.24) is 19.4 Å². The minimum Gasteiger partial charge on any atom is -0.378 e. The fraction of sp³-hybridized carbons (Fsp3) is 0.409. The number of imidazole rings is 1. The molecule has 0 radical (unpaired) electrons. The van der Waals surface area contributed by atoms with Gasteiger partial charge in [0.1, 0.15) is 11.6 Å². The van der Waals surface area contributed by atoms with E-state index in [1.807, 2.05) is 19.4 Å². The highest BCUT2D eigenvalue weighted by Crippen LogP contribution is 2.35. The minimum absolute atomic E-state index is 0.0938. The summed E-state index contributed by atoms with van der Waals surface area (Å²) in [7, 11) is 1.86. The molecule has 2 aliphatic rings. The number of hydrogen-bond donors (Lipinski definition) is 0. The van der Waals surface area contributed by atoms with Crippen molar-refractivity contribution in [3.05, 3.63) is 42.2 Å². The Morgan fingerprint density at radius 1 is 1.17 bits per heavy atom. The monoisotopic (exact) mass is 391 g/mol. The van der Waals surface area contributed by atoms with Gasteiger partial charge in [0.2, 0.25) is 5.91 Å². The molecule has 0 bridgehead atoms. The number of fused-ring (bicyclic) bond motifs is 1. The predicted molar refractivity (Wildman–Crippen MR) is 112 cm³/mol. The molecule has 0 spiro atoms. The number of likely N-dealkylation sites (N-methyl/N-ethyl adjacent to an activating group) is 1. The first kappa shape index (κ1) is 18.1. The summed E-state index contributed by atoms with van der Waals surface area (Å²) in [4.78, 5) is 25.9. The number of carbonyl (C=O) groups excluding carboxylic acids is 1. The zero-order chi connectivity index (χ0) is 20.0. The lowest BCUT2D eigenvalue weighted by atomic mass is 10.1. The van der Waals surface area contributed by atoms with Crippen molar-refractivity contribution in [3.8, 4) is 11.4 Å². The van der Waals surface area contributed by atoms with Crippen LogP contribution in [0.25, 0.3) is 22.3 Å². The second-order valence-electron chi connectivity index (χ2n) is 7.95. The lowest BCUT2D eigenvalue weighted by Gasteiger charge is -2.30. The molecule has 0 aliphatic carbocycles. The smallest absolute Gasteiger partial charge is 0.224 e. The highest BCUT2D eigenvalue weighted by atomic mass is 16.5. The van der Waals surface area contributed by atoms with Gasteiger partial charge in [-0.1, -0.05) is 12.1 Å². The molecule has 1 amide bonds. The average Bonchev–Trinajstić information content (AvgIpc) is 3.34. The third-order valence-electron chi connectivity index (χ3n) is 5.89. The van der Waals surface area contributed by atoms with Crippen LogP contribution in [0.15, 0.2) is 36.7 Å². The summed E-state index contributed by atoms with van der Waals surface area (Å²) in [6, 6.07) is 8.63. The van der Waals surface area contributed by atoms with Gasteiger partial charge in [-0.2, -0.15) is 0 Å². The highest BCUT2D eigenvalue weighted by molar-refractivity contribution is 5.89. The molecule has 3 aromatic rings. The van der Waals surface area contributed by atoms with Gasteiger partial charge >= 0.3 is 0 Å². The van der Waals surface area contributed by atoms with E-state index in [1.54, 1.807) is 4.90 Å². The van der Waals surface area contributed by atoms with Crippen LogP contribution >= 0.6 is 0 Å². The molecule has 2 aliphatic heterocycles. The normalized spacial score (nSPS) is 20.1. The van der Waals surface area contributed by atoms with E-state index in [9.17, 15) is 4.79 Å². The number of nitrogens with zero attached hydrogens (tertiary/aromatic N) is 5. The van der Waals surface area contributed by atoms with E-state index < -0.39 is 0 Å². The molecule has 1 atom stereocenters. The van der Waals surface area contributed by atoms with Gasteiger partial charge in [0.05, 0.1) is 30.3 Å². The molecule has 1 aromatic carbocycles. The van der Waals surface area contributed by atoms with E-state index in [1.165, 1.54) is 5.56 Å². The number of carbonyl (C=O) groups is 1. The largest absolute Gasteiger partial charge is 0.378 e. The number of hydrogen-bond acceptors (Lipinski definition) is 5. The van der Waals surface area contributed by atoms with Crippen LogP contribution in [-0.2, 0) is 9.53 Å². The number of likely N-dealkylation sites (tertiary alicyclic amines) is 1. The lowest BCUT2D eigenvalue weighted by molar-refractivity contribution is -0.126. The summed E-state index contributed by atoms with van der Waals surface area (Å²) in [5.41, 5.74) is 3.19. The van der Waals surface area contributed by atoms with E-state index in [0.29, 0.717) is 26.2 Å². The van der Waals surface area contributed by atoms with Crippen LogP contribution in [0.1, 0.15) is 18.0 Å². The third-order valence-corrected chi connectivity index (χ3v) is 5.89. The maximum Gasteiger partial charge on any atom is 0.224 e. The van der Waals surface area contributed by atoms with Crippen molar-refractivity contribution < 1.29 is 9.53 Å². The fourth-order valence-corrected chi connectivity index (χ4v) is 4.29. The van der Waals surface area contributed by atoms with Crippen molar-refractivity contribution in [1.29, 1.82) is 0 Å². The Kier molecular flexibility index (Phi) is 4.47. The van der Waals surface area contributed by atoms with E-state index in [-0.39, 0.29) is 11.9 Å². The van der Waals surface area contributed by atoms with E-state index in [2.05, 4.69) is 40.7 Å². The van der Waals surface area contributed by atoms with Crippen LogP contribution < -0.4 is 4.90 Å². The van der Waals surface area contributed by atoms with Gasteiger partial charge in [-0.05, 0) is 24.6 Å². The van der Waals surface area contributed by atoms with Crippen LogP contribution in [0.5, 0.6) is 0 Å². The van der Waals surface area contributed by atoms with Crippen molar-refractivity contribution in [2.75, 3.05) is 44.8 Å². The van der Waals surface area contributed by atoms with Crippen LogP contribution in [0.4, 0.5) is 5.82 Å². The van der Waals surface area contributed by atoms with Gasteiger partial charge in [0.15, 0.2) is 0 Å². The molecule has 150 valence electrons. The molecule has 29 heavy (non-hydrogen) atoms. The Labute approximate surface area is 169 Å². The van der Waals surface area contributed by atoms with Crippen molar-refractivity contribution >= 4 is 22.6 Å². The predicted octanol–water partition coefficient (Wildman–Crippen LogP) is 2.65. The number of pyridine rings is 1. The minimum atomic E-state index is 0.0938. The van der Waals surface area contributed by atoms with Gasteiger partial charge in [-0.3, -0.25) is 4.79 Å². The number of aryl methyl sites for hydroxylation is 1. The molecular weight excluding hydrogens is 366 g/mol. The summed E-state index contributed by atoms with van der Waals surface area (Å²) in [6.45, 7) is 5.80. The second-order valence-corrected chi connectivity index (χ2v) is 7.95. The maximum absolute atomic E-state index is 12.1. The van der Waals surface area contributed by atoms with Crippen molar-refractivity contribution in [2.24, 2.45) is 0 Å². The zero-order valence-corrected chi connectivity index (χ0v) is 16.8. The fourth-order valence-electron chi connectivity index (χ4n) is 4.29. The number of anilines is 1. The summed E-state index contributed by atoms with van der Waals surface area (Å²) in [6.07, 6.45) is 4.31. The second kappa shape index (κ2) is 7.15. The van der Waals surface area contributed by atoms with Crippen molar-refractivity contribution in [2.45, 2.75) is 19.4 Å². The Bertz CT molecular complexity index is 1070. The van der Waals surface area contributed by atoms with Crippen LogP contribution in [0.2, 0.25) is 0 Å². The molecule has 2 aromatic heterocycles. The average molecular weight is 391 g/mol. The molecular formula is C22H25N5O2. The Morgan fingerprint density at radius 3 is 2.76 bits per heavy atom. The molecule has 2 fully saturated rings. The Balaban J connectivity index is 1.65. The van der Waals surface area contributed by atoms with E-state index >= 15 is 0 Å². The molecule has 4 heterocycles. The zero-order valence-electron chi connectivity index (χ0n) is 16.8. The Morgan fingerprint density at radius 2 is 2.00 bits per heavy atom. The van der Waals surface area contributed by atoms with E-state index in [4.69, 9.17) is 14.7 Å². The van der Waals surface area contributed by atoms with Crippen molar-refractivity contribution in [3.63, 3.8) is 0 Å². The summed E-state index contributed by atoms with van der Waals surface area (Å²) < 4.78 is 7.69. The third kappa shape index (κ3) is 3.25. The molecule has 1 unspecified atom stereocenters. The first-order chi connectivity index (χ1) is 14.1. The topological polar surface area (TPSA) is 63.5 Å². The number of amides is 1. The van der Waals surface area contributed by atoms with Gasteiger partial charge in [0, 0.05) is 50.9 Å². The van der Waals surface area contributed by atoms with Gasteiger partial charge in [0.25, 0.3) is 0 Å². The summed E-state index contributed by atoms with van der Waals surface area (Å²) in [5.74, 6) is 1.99.